The van der Waals surface area contributed by atoms with Crippen molar-refractivity contribution in [1.82, 2.24) is 25.1 Å². The van der Waals surface area contributed by atoms with Gasteiger partial charge in [-0.3, -0.25) is 4.79 Å². The maximum atomic E-state index is 11.9. The van der Waals surface area contributed by atoms with Gasteiger partial charge in [0.2, 0.25) is 11.7 Å². The Labute approximate surface area is 113 Å². The standard InChI is InChI=1S/C11H13N5O2S/c17-8-3-4-15(6-8)10(18)7-16-13-11(12-14-16)9-2-1-5-19-9/h1-2,5,8,17H,3-4,6-7H2/t8-/m1/s1. The first-order valence-electron chi connectivity index (χ1n) is 6.00. The molecule has 3 heterocycles. The second-order valence-corrected chi connectivity index (χ2v) is 5.35. The number of aliphatic hydroxyl groups is 1. The molecule has 0 unspecified atom stereocenters. The van der Waals surface area contributed by atoms with Crippen LogP contribution in [-0.4, -0.2) is 55.3 Å². The van der Waals surface area contributed by atoms with Crippen LogP contribution in [0.1, 0.15) is 6.42 Å². The van der Waals surface area contributed by atoms with Gasteiger partial charge in [-0.05, 0) is 23.1 Å². The molecule has 1 aliphatic rings. The molecule has 0 spiro atoms. The van der Waals surface area contributed by atoms with Crippen molar-refractivity contribution in [2.75, 3.05) is 13.1 Å². The van der Waals surface area contributed by atoms with E-state index in [-0.39, 0.29) is 12.5 Å². The van der Waals surface area contributed by atoms with E-state index in [2.05, 4.69) is 15.4 Å². The smallest absolute Gasteiger partial charge is 0.246 e. The van der Waals surface area contributed by atoms with Gasteiger partial charge >= 0.3 is 0 Å². The molecule has 19 heavy (non-hydrogen) atoms. The van der Waals surface area contributed by atoms with Crippen molar-refractivity contribution < 1.29 is 9.90 Å². The van der Waals surface area contributed by atoms with Gasteiger partial charge in [0, 0.05) is 13.1 Å². The Morgan fingerprint density at radius 2 is 2.47 bits per heavy atom. The average Bonchev–Trinajstić information content (AvgIpc) is 3.07. The number of β-amino-alcohol motifs (C(OH)–C–C–N with tert-alkyl or cyclic N) is 1. The molecule has 8 heteroatoms. The van der Waals surface area contributed by atoms with Gasteiger partial charge in [-0.15, -0.1) is 21.5 Å². The van der Waals surface area contributed by atoms with E-state index >= 15 is 0 Å². The Balaban J connectivity index is 1.66. The highest BCUT2D eigenvalue weighted by Crippen LogP contribution is 2.19. The number of thiophene rings is 1. The first-order valence-corrected chi connectivity index (χ1v) is 6.88. The van der Waals surface area contributed by atoms with E-state index in [1.54, 1.807) is 4.90 Å². The summed E-state index contributed by atoms with van der Waals surface area (Å²) in [6.45, 7) is 1.04. The van der Waals surface area contributed by atoms with Crippen LogP contribution in [0.25, 0.3) is 10.7 Å². The zero-order valence-corrected chi connectivity index (χ0v) is 11.0. The van der Waals surface area contributed by atoms with E-state index in [1.807, 2.05) is 17.5 Å². The minimum atomic E-state index is -0.408. The van der Waals surface area contributed by atoms with Gasteiger partial charge in [0.25, 0.3) is 0 Å². The molecular weight excluding hydrogens is 266 g/mol. The van der Waals surface area contributed by atoms with Gasteiger partial charge in [0.05, 0.1) is 11.0 Å². The van der Waals surface area contributed by atoms with Crippen LogP contribution >= 0.6 is 11.3 Å². The molecule has 3 rings (SSSR count). The Kier molecular flexibility index (Phi) is 3.26. The van der Waals surface area contributed by atoms with Crippen LogP contribution in [0.3, 0.4) is 0 Å². The van der Waals surface area contributed by atoms with Crippen LogP contribution < -0.4 is 0 Å². The van der Waals surface area contributed by atoms with Crippen LogP contribution in [0.4, 0.5) is 0 Å². The summed E-state index contributed by atoms with van der Waals surface area (Å²) in [5.41, 5.74) is 0. The SMILES string of the molecule is O=C(Cn1nnc(-c2cccs2)n1)N1CC[C@@H](O)C1. The molecule has 0 bridgehead atoms. The minimum Gasteiger partial charge on any atom is -0.391 e. The number of amides is 1. The largest absolute Gasteiger partial charge is 0.391 e. The average molecular weight is 279 g/mol. The van der Waals surface area contributed by atoms with Gasteiger partial charge in [-0.2, -0.15) is 4.80 Å². The monoisotopic (exact) mass is 279 g/mol. The first kappa shape index (κ1) is 12.2. The molecule has 0 aliphatic carbocycles. The summed E-state index contributed by atoms with van der Waals surface area (Å²) in [6.07, 6.45) is 0.228. The lowest BCUT2D eigenvalue weighted by Gasteiger charge is -2.14. The Morgan fingerprint density at radius 1 is 1.58 bits per heavy atom. The summed E-state index contributed by atoms with van der Waals surface area (Å²) in [4.78, 5) is 15.8. The fourth-order valence-corrected chi connectivity index (χ4v) is 2.65. The molecule has 100 valence electrons. The van der Waals surface area contributed by atoms with Crippen molar-refractivity contribution in [3.8, 4) is 10.7 Å². The third-order valence-electron chi connectivity index (χ3n) is 2.99. The first-order chi connectivity index (χ1) is 9.22. The summed E-state index contributed by atoms with van der Waals surface area (Å²) in [6, 6.07) is 3.82. The highest BCUT2D eigenvalue weighted by Gasteiger charge is 2.25. The van der Waals surface area contributed by atoms with E-state index in [0.717, 1.165) is 4.88 Å². The van der Waals surface area contributed by atoms with E-state index < -0.39 is 6.10 Å². The summed E-state index contributed by atoms with van der Waals surface area (Å²) in [5, 5.41) is 23.3. The van der Waals surface area contributed by atoms with Gasteiger partial charge in [0.15, 0.2) is 0 Å². The summed E-state index contributed by atoms with van der Waals surface area (Å²) < 4.78 is 0. The fourth-order valence-electron chi connectivity index (χ4n) is 2.00. The molecule has 1 fully saturated rings. The molecule has 2 aromatic heterocycles. The second kappa shape index (κ2) is 5.06. The number of nitrogens with zero attached hydrogens (tertiary/aromatic N) is 5. The lowest BCUT2D eigenvalue weighted by molar-refractivity contribution is -0.131. The van der Waals surface area contributed by atoms with Gasteiger partial charge in [0.1, 0.15) is 6.54 Å². The topological polar surface area (TPSA) is 84.1 Å². The highest BCUT2D eigenvalue weighted by atomic mass is 32.1. The van der Waals surface area contributed by atoms with Crippen LogP contribution in [-0.2, 0) is 11.3 Å². The number of carbonyl (C=O) groups is 1. The Bertz CT molecular complexity index is 567. The molecule has 0 radical (unpaired) electrons. The number of hydrogen-bond donors (Lipinski definition) is 1. The predicted octanol–water partition coefficient (Wildman–Crippen LogP) is -0.00520. The molecule has 1 amide bonds. The third-order valence-corrected chi connectivity index (χ3v) is 3.85. The van der Waals surface area contributed by atoms with E-state index in [9.17, 15) is 9.90 Å². The molecular formula is C11H13N5O2S. The number of tetrazole rings is 1. The maximum Gasteiger partial charge on any atom is 0.246 e. The quantitative estimate of drug-likeness (QED) is 0.854. The van der Waals surface area contributed by atoms with Gasteiger partial charge in [-0.1, -0.05) is 6.07 Å². The second-order valence-electron chi connectivity index (χ2n) is 4.40. The minimum absolute atomic E-state index is 0.0606. The zero-order chi connectivity index (χ0) is 13.2. The van der Waals surface area contributed by atoms with E-state index in [0.29, 0.717) is 25.3 Å². The zero-order valence-electron chi connectivity index (χ0n) is 10.1. The molecule has 7 nitrogen and oxygen atoms in total. The fraction of sp³-hybridized carbons (Fsp3) is 0.455. The molecule has 1 saturated heterocycles. The van der Waals surface area contributed by atoms with E-state index in [4.69, 9.17) is 0 Å². The predicted molar refractivity (Wildman–Crippen MR) is 68.3 cm³/mol. The van der Waals surface area contributed by atoms with Crippen LogP contribution in [0.5, 0.6) is 0 Å². The van der Waals surface area contributed by atoms with Crippen molar-refractivity contribution in [1.29, 1.82) is 0 Å². The van der Waals surface area contributed by atoms with Crippen molar-refractivity contribution in [3.05, 3.63) is 17.5 Å². The Hall–Kier alpha value is -1.80. The molecule has 1 N–H and O–H groups in total. The van der Waals surface area contributed by atoms with Gasteiger partial charge < -0.3 is 10.0 Å². The van der Waals surface area contributed by atoms with Crippen molar-refractivity contribution in [2.24, 2.45) is 0 Å². The van der Waals surface area contributed by atoms with E-state index in [1.165, 1.54) is 16.1 Å². The number of rotatable bonds is 3. The van der Waals surface area contributed by atoms with Gasteiger partial charge in [-0.25, -0.2) is 0 Å². The molecule has 1 atom stereocenters. The van der Waals surface area contributed by atoms with Crippen LogP contribution in [0.15, 0.2) is 17.5 Å². The maximum absolute atomic E-state index is 11.9. The molecule has 0 aromatic carbocycles. The normalized spacial score (nSPS) is 19.0. The summed E-state index contributed by atoms with van der Waals surface area (Å²) in [5.74, 6) is 0.441. The lowest BCUT2D eigenvalue weighted by atomic mass is 10.3. The van der Waals surface area contributed by atoms with Crippen LogP contribution in [0, 0.1) is 0 Å². The summed E-state index contributed by atoms with van der Waals surface area (Å²) in [7, 11) is 0. The molecule has 1 aliphatic heterocycles. The summed E-state index contributed by atoms with van der Waals surface area (Å²) >= 11 is 1.53. The van der Waals surface area contributed by atoms with Crippen molar-refractivity contribution in [3.63, 3.8) is 0 Å². The van der Waals surface area contributed by atoms with Crippen molar-refractivity contribution >= 4 is 17.2 Å². The number of hydrogen-bond acceptors (Lipinski definition) is 6. The highest BCUT2D eigenvalue weighted by molar-refractivity contribution is 7.13. The third kappa shape index (κ3) is 2.64. The van der Waals surface area contributed by atoms with Crippen LogP contribution in [0.2, 0.25) is 0 Å². The number of aliphatic hydroxyl groups excluding tert-OH is 1. The number of aromatic nitrogens is 4. The lowest BCUT2D eigenvalue weighted by Crippen LogP contribution is -2.33. The molecule has 0 saturated carbocycles. The van der Waals surface area contributed by atoms with Crippen molar-refractivity contribution in [2.45, 2.75) is 19.1 Å². The Morgan fingerprint density at radius 3 is 3.16 bits per heavy atom. The molecule has 2 aromatic rings. The number of carbonyl (C=O) groups excluding carboxylic acids is 1. The number of likely N-dealkylation sites (tertiary alicyclic amines) is 1.